The van der Waals surface area contributed by atoms with Crippen LogP contribution in [0, 0.1) is 5.92 Å². The second-order valence-corrected chi connectivity index (χ2v) is 6.06. The van der Waals surface area contributed by atoms with E-state index in [1.807, 2.05) is 24.3 Å². The van der Waals surface area contributed by atoms with Crippen molar-refractivity contribution < 1.29 is 9.59 Å². The zero-order chi connectivity index (χ0) is 15.8. The molecular weight excluding hydrogens is 276 g/mol. The van der Waals surface area contributed by atoms with Crippen LogP contribution in [-0.2, 0) is 9.59 Å². The number of carbonyl (C=O) groups excluding carboxylic acids is 2. The van der Waals surface area contributed by atoms with Crippen LogP contribution in [0.3, 0.4) is 0 Å². The van der Waals surface area contributed by atoms with Gasteiger partial charge in [0.1, 0.15) is 0 Å². The van der Waals surface area contributed by atoms with E-state index in [0.717, 1.165) is 49.9 Å². The highest BCUT2D eigenvalue weighted by molar-refractivity contribution is 5.95. The highest BCUT2D eigenvalue weighted by atomic mass is 16.2. The first-order valence-corrected chi connectivity index (χ1v) is 8.40. The molecule has 0 heterocycles. The van der Waals surface area contributed by atoms with Crippen LogP contribution in [0.15, 0.2) is 24.3 Å². The first-order valence-electron chi connectivity index (χ1n) is 8.40. The summed E-state index contributed by atoms with van der Waals surface area (Å²) in [5, 5.41) is 5.86. The largest absolute Gasteiger partial charge is 0.326 e. The normalized spacial score (nSPS) is 15.3. The van der Waals surface area contributed by atoms with Crippen molar-refractivity contribution in [2.45, 2.75) is 58.3 Å². The molecule has 0 aromatic heterocycles. The second kappa shape index (κ2) is 8.57. The average Bonchev–Trinajstić information content (AvgIpc) is 2.54. The molecule has 1 saturated carbocycles. The number of carbonyl (C=O) groups is 2. The molecule has 1 aromatic rings. The average molecular weight is 302 g/mol. The van der Waals surface area contributed by atoms with Gasteiger partial charge in [0.05, 0.1) is 0 Å². The number of hydrogen-bond acceptors (Lipinski definition) is 2. The summed E-state index contributed by atoms with van der Waals surface area (Å²) in [4.78, 5) is 24.0. The van der Waals surface area contributed by atoms with E-state index in [1.165, 1.54) is 6.42 Å². The molecule has 0 unspecified atom stereocenters. The molecule has 120 valence electrons. The molecule has 0 saturated heterocycles. The molecule has 2 rings (SSSR count). The summed E-state index contributed by atoms with van der Waals surface area (Å²) >= 11 is 0. The lowest BCUT2D eigenvalue weighted by Gasteiger charge is -2.20. The third kappa shape index (κ3) is 5.17. The van der Waals surface area contributed by atoms with Gasteiger partial charge < -0.3 is 10.6 Å². The van der Waals surface area contributed by atoms with E-state index in [-0.39, 0.29) is 17.7 Å². The van der Waals surface area contributed by atoms with Crippen molar-refractivity contribution in [2.24, 2.45) is 5.92 Å². The van der Waals surface area contributed by atoms with Gasteiger partial charge in [-0.25, -0.2) is 0 Å². The summed E-state index contributed by atoms with van der Waals surface area (Å²) < 4.78 is 0. The molecule has 2 N–H and O–H groups in total. The summed E-state index contributed by atoms with van der Waals surface area (Å²) in [6.07, 6.45) is 7.93. The highest BCUT2D eigenvalue weighted by Crippen LogP contribution is 2.25. The minimum atomic E-state index is 0.0256. The summed E-state index contributed by atoms with van der Waals surface area (Å²) in [7, 11) is 0. The molecule has 0 atom stereocenters. The zero-order valence-electron chi connectivity index (χ0n) is 13.4. The van der Waals surface area contributed by atoms with Gasteiger partial charge in [0.2, 0.25) is 11.8 Å². The van der Waals surface area contributed by atoms with E-state index in [9.17, 15) is 9.59 Å². The Labute approximate surface area is 132 Å². The Kier molecular flexibility index (Phi) is 6.44. The number of hydrogen-bond donors (Lipinski definition) is 2. The smallest absolute Gasteiger partial charge is 0.227 e. The van der Waals surface area contributed by atoms with Gasteiger partial charge in [0.15, 0.2) is 0 Å². The van der Waals surface area contributed by atoms with Crippen LogP contribution in [0.4, 0.5) is 11.4 Å². The van der Waals surface area contributed by atoms with Gasteiger partial charge in [-0.1, -0.05) is 38.7 Å². The van der Waals surface area contributed by atoms with Crippen molar-refractivity contribution in [1.82, 2.24) is 0 Å². The lowest BCUT2D eigenvalue weighted by atomic mass is 9.88. The van der Waals surface area contributed by atoms with Crippen molar-refractivity contribution >= 4 is 23.2 Å². The van der Waals surface area contributed by atoms with Crippen molar-refractivity contribution in [3.63, 3.8) is 0 Å². The lowest BCUT2D eigenvalue weighted by molar-refractivity contribution is -0.120. The highest BCUT2D eigenvalue weighted by Gasteiger charge is 2.21. The Hall–Kier alpha value is -1.84. The fourth-order valence-electron chi connectivity index (χ4n) is 2.84. The second-order valence-electron chi connectivity index (χ2n) is 6.06. The van der Waals surface area contributed by atoms with Crippen molar-refractivity contribution in [3.8, 4) is 0 Å². The molecule has 0 spiro atoms. The van der Waals surface area contributed by atoms with Crippen LogP contribution >= 0.6 is 0 Å². The Balaban J connectivity index is 1.90. The van der Waals surface area contributed by atoms with Crippen LogP contribution in [0.5, 0.6) is 0 Å². The minimum Gasteiger partial charge on any atom is -0.326 e. The Morgan fingerprint density at radius 1 is 1.09 bits per heavy atom. The Morgan fingerprint density at radius 3 is 2.45 bits per heavy atom. The van der Waals surface area contributed by atoms with Crippen LogP contribution in [0.1, 0.15) is 58.3 Å². The van der Waals surface area contributed by atoms with E-state index in [2.05, 4.69) is 17.6 Å². The number of unbranched alkanes of at least 4 members (excludes halogenated alkanes) is 1. The molecule has 1 aliphatic carbocycles. The number of nitrogens with one attached hydrogen (secondary N) is 2. The van der Waals surface area contributed by atoms with Crippen LogP contribution in [0.2, 0.25) is 0 Å². The summed E-state index contributed by atoms with van der Waals surface area (Å²) in [6.45, 7) is 2.06. The van der Waals surface area contributed by atoms with Crippen molar-refractivity contribution in [3.05, 3.63) is 24.3 Å². The SMILES string of the molecule is CCCCC(=O)Nc1cccc(NC(=O)C2CCCCC2)c1. The number of benzene rings is 1. The first-order chi connectivity index (χ1) is 10.7. The molecule has 2 amide bonds. The minimum absolute atomic E-state index is 0.0256. The molecule has 1 aromatic carbocycles. The molecular formula is C18H26N2O2. The summed E-state index contributed by atoms with van der Waals surface area (Å²) in [5.74, 6) is 0.267. The molecule has 4 heteroatoms. The Bertz CT molecular complexity index is 508. The van der Waals surface area contributed by atoms with E-state index < -0.39 is 0 Å². The van der Waals surface area contributed by atoms with Crippen molar-refractivity contribution in [1.29, 1.82) is 0 Å². The third-order valence-electron chi connectivity index (χ3n) is 4.15. The van der Waals surface area contributed by atoms with E-state index >= 15 is 0 Å². The predicted molar refractivity (Wildman–Crippen MR) is 89.8 cm³/mol. The van der Waals surface area contributed by atoms with E-state index in [4.69, 9.17) is 0 Å². The maximum Gasteiger partial charge on any atom is 0.227 e. The predicted octanol–water partition coefficient (Wildman–Crippen LogP) is 4.33. The van der Waals surface area contributed by atoms with Gasteiger partial charge in [0.25, 0.3) is 0 Å². The molecule has 22 heavy (non-hydrogen) atoms. The molecule has 4 nitrogen and oxygen atoms in total. The standard InChI is InChI=1S/C18H26N2O2/c1-2-3-12-17(21)19-15-10-7-11-16(13-15)20-18(22)14-8-5-4-6-9-14/h7,10-11,13-14H,2-6,8-9,12H2,1H3,(H,19,21)(H,20,22). The molecule has 1 aliphatic rings. The third-order valence-corrected chi connectivity index (χ3v) is 4.15. The van der Waals surface area contributed by atoms with E-state index in [1.54, 1.807) is 0 Å². The Morgan fingerprint density at radius 2 is 1.77 bits per heavy atom. The van der Waals surface area contributed by atoms with Crippen LogP contribution in [-0.4, -0.2) is 11.8 Å². The maximum atomic E-state index is 12.2. The maximum absolute atomic E-state index is 12.2. The monoisotopic (exact) mass is 302 g/mol. The fourth-order valence-corrected chi connectivity index (χ4v) is 2.84. The molecule has 0 radical (unpaired) electrons. The van der Waals surface area contributed by atoms with Gasteiger partial charge in [-0.3, -0.25) is 9.59 Å². The number of amides is 2. The quantitative estimate of drug-likeness (QED) is 0.821. The van der Waals surface area contributed by atoms with Gasteiger partial charge in [0, 0.05) is 23.7 Å². The van der Waals surface area contributed by atoms with Gasteiger partial charge in [-0.05, 0) is 37.5 Å². The van der Waals surface area contributed by atoms with Crippen molar-refractivity contribution in [2.75, 3.05) is 10.6 Å². The fraction of sp³-hybridized carbons (Fsp3) is 0.556. The number of anilines is 2. The molecule has 0 aliphatic heterocycles. The van der Waals surface area contributed by atoms with E-state index in [0.29, 0.717) is 6.42 Å². The molecule has 1 fully saturated rings. The van der Waals surface area contributed by atoms with Gasteiger partial charge in [-0.15, -0.1) is 0 Å². The number of rotatable bonds is 6. The molecule has 0 bridgehead atoms. The van der Waals surface area contributed by atoms with Gasteiger partial charge in [-0.2, -0.15) is 0 Å². The van der Waals surface area contributed by atoms with Crippen LogP contribution < -0.4 is 10.6 Å². The lowest BCUT2D eigenvalue weighted by Crippen LogP contribution is -2.24. The first kappa shape index (κ1) is 16.5. The van der Waals surface area contributed by atoms with Gasteiger partial charge >= 0.3 is 0 Å². The summed E-state index contributed by atoms with van der Waals surface area (Å²) in [5.41, 5.74) is 1.49. The van der Waals surface area contributed by atoms with Crippen LogP contribution in [0.25, 0.3) is 0 Å². The zero-order valence-corrected chi connectivity index (χ0v) is 13.4. The summed E-state index contributed by atoms with van der Waals surface area (Å²) in [6, 6.07) is 7.39. The topological polar surface area (TPSA) is 58.2 Å².